The molecular formula is C25H27F5INO. The van der Waals surface area contributed by atoms with E-state index in [1.807, 2.05) is 0 Å². The number of rotatable bonds is 5. The van der Waals surface area contributed by atoms with Gasteiger partial charge >= 0.3 is 6.11 Å². The predicted molar refractivity (Wildman–Crippen MR) is 126 cm³/mol. The minimum Gasteiger partial charge on any atom is -0.429 e. The van der Waals surface area contributed by atoms with Crippen LogP contribution >= 0.6 is 22.6 Å². The van der Waals surface area contributed by atoms with Crippen molar-refractivity contribution in [3.63, 3.8) is 0 Å². The van der Waals surface area contributed by atoms with Crippen LogP contribution in [-0.2, 0) is 6.11 Å². The molecule has 2 N–H and O–H groups in total. The zero-order valence-electron chi connectivity index (χ0n) is 18.1. The molecule has 0 bridgehead atoms. The first kappa shape index (κ1) is 24.5. The van der Waals surface area contributed by atoms with E-state index in [4.69, 9.17) is 5.73 Å². The molecule has 180 valence electrons. The van der Waals surface area contributed by atoms with E-state index < -0.39 is 40.6 Å². The number of nitrogen functional groups attached to an aromatic ring is 1. The van der Waals surface area contributed by atoms with Gasteiger partial charge < -0.3 is 10.5 Å². The lowest BCUT2D eigenvalue weighted by Gasteiger charge is -2.37. The molecule has 33 heavy (non-hydrogen) atoms. The summed E-state index contributed by atoms with van der Waals surface area (Å²) in [4.78, 5) is 0. The largest absolute Gasteiger partial charge is 0.429 e. The maximum absolute atomic E-state index is 14.7. The third kappa shape index (κ3) is 5.57. The van der Waals surface area contributed by atoms with Gasteiger partial charge in [0.2, 0.25) is 0 Å². The minimum absolute atomic E-state index is 0.139. The van der Waals surface area contributed by atoms with Gasteiger partial charge in [-0.2, -0.15) is 8.78 Å². The predicted octanol–water partition coefficient (Wildman–Crippen LogP) is 8.08. The number of nitrogens with two attached hydrogens (primary N) is 1. The SMILES string of the molecule is Nc1c(F)cc(OC(F)(F)c2ccc(C3CCC(C4CCC(I)CC4)CC3)cc2F)cc1F. The molecule has 0 radical (unpaired) electrons. The molecule has 0 heterocycles. The second-order valence-corrected chi connectivity index (χ2v) is 11.0. The van der Waals surface area contributed by atoms with Crippen LogP contribution < -0.4 is 10.5 Å². The van der Waals surface area contributed by atoms with Crippen LogP contribution in [0.5, 0.6) is 5.75 Å². The second-order valence-electron chi connectivity index (χ2n) is 9.28. The molecule has 2 aliphatic rings. The summed E-state index contributed by atoms with van der Waals surface area (Å²) in [6, 6.07) is 4.74. The standard InChI is InChI=1S/C25H27F5INO/c26-21-11-17(16-3-1-14(2-4-16)15-5-8-18(31)9-6-15)7-10-20(21)25(29,30)33-19-12-22(27)24(32)23(28)13-19/h7,10-16,18H,1-6,8-9,32H2. The summed E-state index contributed by atoms with van der Waals surface area (Å²) in [6.07, 6.45) is 5.03. The monoisotopic (exact) mass is 579 g/mol. The summed E-state index contributed by atoms with van der Waals surface area (Å²) >= 11 is 2.53. The molecule has 0 unspecified atom stereocenters. The van der Waals surface area contributed by atoms with E-state index >= 15 is 0 Å². The summed E-state index contributed by atoms with van der Waals surface area (Å²) in [6.45, 7) is 0. The Bertz CT molecular complexity index is 962. The van der Waals surface area contributed by atoms with Crippen LogP contribution in [0.1, 0.15) is 68.4 Å². The van der Waals surface area contributed by atoms with Crippen LogP contribution in [0.2, 0.25) is 0 Å². The fourth-order valence-electron chi connectivity index (χ4n) is 5.32. The van der Waals surface area contributed by atoms with Crippen LogP contribution in [0.4, 0.5) is 27.6 Å². The third-order valence-corrected chi connectivity index (χ3v) is 8.46. The summed E-state index contributed by atoms with van der Waals surface area (Å²) in [7, 11) is 0. The summed E-state index contributed by atoms with van der Waals surface area (Å²) in [5, 5.41) is 0. The quantitative estimate of drug-likeness (QED) is 0.168. The van der Waals surface area contributed by atoms with Crippen molar-refractivity contribution in [1.82, 2.24) is 0 Å². The highest BCUT2D eigenvalue weighted by Crippen LogP contribution is 2.44. The Morgan fingerprint density at radius 1 is 0.788 bits per heavy atom. The Labute approximate surface area is 204 Å². The molecule has 2 saturated carbocycles. The van der Waals surface area contributed by atoms with E-state index in [9.17, 15) is 22.0 Å². The van der Waals surface area contributed by atoms with E-state index in [-0.39, 0.29) is 5.92 Å². The Balaban J connectivity index is 1.41. The lowest BCUT2D eigenvalue weighted by molar-refractivity contribution is -0.187. The number of hydrogen-bond acceptors (Lipinski definition) is 2. The van der Waals surface area contributed by atoms with Crippen molar-refractivity contribution in [1.29, 1.82) is 0 Å². The summed E-state index contributed by atoms with van der Waals surface area (Å²) < 4.78 is 76.2. The third-order valence-electron chi connectivity index (χ3n) is 7.22. The molecule has 2 aromatic rings. The fraction of sp³-hybridized carbons (Fsp3) is 0.520. The van der Waals surface area contributed by atoms with E-state index in [2.05, 4.69) is 27.3 Å². The van der Waals surface area contributed by atoms with Gasteiger partial charge in [0.1, 0.15) is 17.3 Å². The Morgan fingerprint density at radius 3 is 1.88 bits per heavy atom. The normalized spacial score (nSPS) is 26.2. The van der Waals surface area contributed by atoms with Gasteiger partial charge in [0.05, 0.1) is 5.56 Å². The van der Waals surface area contributed by atoms with Crippen molar-refractivity contribution in [3.8, 4) is 5.75 Å². The van der Waals surface area contributed by atoms with Crippen molar-refractivity contribution in [2.24, 2.45) is 11.8 Å². The molecule has 0 aliphatic heterocycles. The Kier molecular flexibility index (Phi) is 7.41. The minimum atomic E-state index is -4.10. The highest BCUT2D eigenvalue weighted by atomic mass is 127. The molecule has 4 rings (SSSR count). The van der Waals surface area contributed by atoms with Gasteiger partial charge in [-0.15, -0.1) is 0 Å². The lowest BCUT2D eigenvalue weighted by atomic mass is 9.70. The molecular weight excluding hydrogens is 552 g/mol. The van der Waals surface area contributed by atoms with Crippen molar-refractivity contribution in [3.05, 3.63) is 58.9 Å². The Hall–Kier alpha value is -1.58. The van der Waals surface area contributed by atoms with Crippen LogP contribution in [0.25, 0.3) is 0 Å². The molecule has 0 atom stereocenters. The number of anilines is 1. The first-order valence-electron chi connectivity index (χ1n) is 11.4. The van der Waals surface area contributed by atoms with E-state index in [0.717, 1.165) is 47.7 Å². The van der Waals surface area contributed by atoms with Crippen LogP contribution in [0.3, 0.4) is 0 Å². The number of ether oxygens (including phenoxy) is 1. The summed E-state index contributed by atoms with van der Waals surface area (Å²) in [5.41, 5.74) is 4.06. The van der Waals surface area contributed by atoms with Gasteiger partial charge in [0.15, 0.2) is 11.6 Å². The average Bonchev–Trinajstić information content (AvgIpc) is 2.77. The molecule has 0 saturated heterocycles. The number of hydrogen-bond donors (Lipinski definition) is 1. The molecule has 2 fully saturated rings. The smallest absolute Gasteiger partial charge is 0.429 e. The zero-order valence-corrected chi connectivity index (χ0v) is 20.3. The fourth-order valence-corrected chi connectivity index (χ4v) is 6.04. The van der Waals surface area contributed by atoms with Crippen LogP contribution in [0, 0.1) is 29.3 Å². The van der Waals surface area contributed by atoms with E-state index in [1.54, 1.807) is 0 Å². The molecule has 2 aliphatic carbocycles. The van der Waals surface area contributed by atoms with Gasteiger partial charge in [-0.1, -0.05) is 28.7 Å². The van der Waals surface area contributed by atoms with E-state index in [0.29, 0.717) is 23.6 Å². The van der Waals surface area contributed by atoms with Gasteiger partial charge in [0.25, 0.3) is 0 Å². The lowest BCUT2D eigenvalue weighted by Crippen LogP contribution is -2.26. The first-order valence-corrected chi connectivity index (χ1v) is 12.6. The Morgan fingerprint density at radius 2 is 1.33 bits per heavy atom. The number of benzene rings is 2. The average molecular weight is 579 g/mol. The maximum atomic E-state index is 14.7. The van der Waals surface area contributed by atoms with E-state index in [1.165, 1.54) is 31.7 Å². The van der Waals surface area contributed by atoms with Crippen molar-refractivity contribution in [2.45, 2.75) is 67.3 Å². The zero-order chi connectivity index (χ0) is 23.8. The number of halogens is 6. The van der Waals surface area contributed by atoms with Gasteiger partial charge in [-0.05, 0) is 86.8 Å². The highest BCUT2D eigenvalue weighted by Gasteiger charge is 2.39. The molecule has 8 heteroatoms. The van der Waals surface area contributed by atoms with Crippen molar-refractivity contribution >= 4 is 28.3 Å². The maximum Gasteiger partial charge on any atom is 0.429 e. The van der Waals surface area contributed by atoms with Gasteiger partial charge in [-0.3, -0.25) is 0 Å². The molecule has 2 aromatic carbocycles. The molecule has 2 nitrogen and oxygen atoms in total. The van der Waals surface area contributed by atoms with Crippen LogP contribution in [-0.4, -0.2) is 3.92 Å². The van der Waals surface area contributed by atoms with Gasteiger partial charge in [-0.25, -0.2) is 13.2 Å². The number of alkyl halides is 3. The highest BCUT2D eigenvalue weighted by molar-refractivity contribution is 14.1. The van der Waals surface area contributed by atoms with Crippen molar-refractivity contribution < 1.29 is 26.7 Å². The van der Waals surface area contributed by atoms with Crippen molar-refractivity contribution in [2.75, 3.05) is 5.73 Å². The topological polar surface area (TPSA) is 35.2 Å². The van der Waals surface area contributed by atoms with Crippen LogP contribution in [0.15, 0.2) is 30.3 Å². The summed E-state index contributed by atoms with van der Waals surface area (Å²) in [5.74, 6) is -2.72. The molecule has 0 aromatic heterocycles. The van der Waals surface area contributed by atoms with Gasteiger partial charge in [0, 0.05) is 16.1 Å². The first-order chi connectivity index (χ1) is 15.6. The molecule has 0 amide bonds. The molecule has 0 spiro atoms. The second kappa shape index (κ2) is 9.96.